The first-order chi connectivity index (χ1) is 4.77. The van der Waals surface area contributed by atoms with Gasteiger partial charge < -0.3 is 23.6 Å². The number of carbonyl (C=O) groups excluding carboxylic acids is 1. The molecule has 0 heterocycles. The van der Waals surface area contributed by atoms with Crippen LogP contribution in [-0.4, -0.2) is 5.12 Å². The standard InChI is InChI=1S/C8H16OS.H3N/c1-2-3-4-5-6-7-8(9)10;/h2-7H2,1H3,(H,9,10);1H3. The molecule has 0 fully saturated rings. The summed E-state index contributed by atoms with van der Waals surface area (Å²) in [5.74, 6) is 0. The van der Waals surface area contributed by atoms with Gasteiger partial charge in [-0.15, -0.1) is 0 Å². The molecule has 0 unspecified atom stereocenters. The second kappa shape index (κ2) is 9.85. The minimum Gasteiger partial charge on any atom is -0.742 e. The molecule has 0 radical (unpaired) electrons. The van der Waals surface area contributed by atoms with Crippen molar-refractivity contribution >= 4 is 17.7 Å². The highest BCUT2D eigenvalue weighted by Crippen LogP contribution is 2.04. The average Bonchev–Trinajstić information content (AvgIpc) is 1.87. The Balaban J connectivity index is 0. The summed E-state index contributed by atoms with van der Waals surface area (Å²) >= 11 is 4.42. The Morgan fingerprint density at radius 2 is 1.73 bits per heavy atom. The zero-order chi connectivity index (χ0) is 7.82. The van der Waals surface area contributed by atoms with E-state index in [-0.39, 0.29) is 11.3 Å². The molecular formula is C8H19NOS. The Morgan fingerprint density at radius 1 is 1.18 bits per heavy atom. The number of hydrogen-bond donors (Lipinski definition) is 1. The van der Waals surface area contributed by atoms with E-state index in [4.69, 9.17) is 0 Å². The highest BCUT2D eigenvalue weighted by molar-refractivity contribution is 7.77. The van der Waals surface area contributed by atoms with Crippen LogP contribution in [0.15, 0.2) is 0 Å². The summed E-state index contributed by atoms with van der Waals surface area (Å²) in [6.07, 6.45) is 6.53. The van der Waals surface area contributed by atoms with Crippen molar-refractivity contribution in [3.63, 3.8) is 0 Å². The lowest BCUT2D eigenvalue weighted by Gasteiger charge is -2.01. The van der Waals surface area contributed by atoms with Crippen molar-refractivity contribution in [1.82, 2.24) is 6.15 Å². The van der Waals surface area contributed by atoms with Crippen LogP contribution in [0, 0.1) is 0 Å². The van der Waals surface area contributed by atoms with E-state index in [2.05, 4.69) is 19.6 Å². The maximum atomic E-state index is 10.3. The summed E-state index contributed by atoms with van der Waals surface area (Å²) < 4.78 is 0. The largest absolute Gasteiger partial charge is 0.742 e. The zero-order valence-corrected chi connectivity index (χ0v) is 8.38. The number of unbranched alkanes of at least 4 members (excludes halogenated alkanes) is 4. The minimum atomic E-state index is -0.0866. The average molecular weight is 177 g/mol. The fourth-order valence-electron chi connectivity index (χ4n) is 0.873. The molecule has 0 saturated heterocycles. The van der Waals surface area contributed by atoms with Crippen LogP contribution in [-0.2, 0) is 17.4 Å². The molecule has 0 aliphatic rings. The van der Waals surface area contributed by atoms with Crippen LogP contribution in [0.25, 0.3) is 0 Å². The Hall–Kier alpha value is -0.150. The Labute approximate surface area is 74.7 Å². The van der Waals surface area contributed by atoms with Gasteiger partial charge in [0.05, 0.1) is 0 Å². The highest BCUT2D eigenvalue weighted by Gasteiger charge is 1.87. The molecule has 0 spiro atoms. The molecule has 0 aromatic heterocycles. The van der Waals surface area contributed by atoms with Crippen molar-refractivity contribution in [2.75, 3.05) is 0 Å². The third-order valence-corrected chi connectivity index (χ3v) is 1.69. The molecule has 2 nitrogen and oxygen atoms in total. The fourth-order valence-corrected chi connectivity index (χ4v) is 1.02. The smallest absolute Gasteiger partial charge is 0.0119 e. The van der Waals surface area contributed by atoms with Crippen LogP contribution in [0.1, 0.15) is 45.4 Å². The first-order valence-corrected chi connectivity index (χ1v) is 4.38. The van der Waals surface area contributed by atoms with Crippen molar-refractivity contribution in [3.05, 3.63) is 0 Å². The fraction of sp³-hybridized carbons (Fsp3) is 0.875. The molecule has 11 heavy (non-hydrogen) atoms. The van der Waals surface area contributed by atoms with E-state index in [0.717, 1.165) is 12.8 Å². The Kier molecular flexibility index (Phi) is 12.0. The highest BCUT2D eigenvalue weighted by atomic mass is 32.1. The topological polar surface area (TPSA) is 53.6 Å². The van der Waals surface area contributed by atoms with Gasteiger partial charge >= 0.3 is 0 Å². The predicted molar refractivity (Wildman–Crippen MR) is 51.7 cm³/mol. The first kappa shape index (κ1) is 13.4. The van der Waals surface area contributed by atoms with Crippen LogP contribution in [0.4, 0.5) is 0 Å². The summed E-state index contributed by atoms with van der Waals surface area (Å²) in [6.45, 7) is 2.18. The molecule has 68 valence electrons. The zero-order valence-electron chi connectivity index (χ0n) is 7.56. The molecule has 3 heteroatoms. The summed E-state index contributed by atoms with van der Waals surface area (Å²) in [5, 5.41) is -0.0866. The lowest BCUT2D eigenvalue weighted by atomic mass is 10.1. The molecular weight excluding hydrogens is 158 g/mol. The van der Waals surface area contributed by atoms with E-state index in [9.17, 15) is 4.79 Å². The van der Waals surface area contributed by atoms with Gasteiger partial charge in [0.25, 0.3) is 0 Å². The van der Waals surface area contributed by atoms with Gasteiger partial charge in [0.1, 0.15) is 0 Å². The summed E-state index contributed by atoms with van der Waals surface area (Å²) in [5.41, 5.74) is 0. The van der Waals surface area contributed by atoms with Crippen molar-refractivity contribution < 1.29 is 4.79 Å². The predicted octanol–water partition coefficient (Wildman–Crippen LogP) is 2.80. The third-order valence-electron chi connectivity index (χ3n) is 1.48. The molecule has 0 bridgehead atoms. The van der Waals surface area contributed by atoms with Crippen LogP contribution in [0.3, 0.4) is 0 Å². The maximum absolute atomic E-state index is 10.3. The molecule has 0 atom stereocenters. The van der Waals surface area contributed by atoms with E-state index in [0.29, 0.717) is 6.42 Å². The van der Waals surface area contributed by atoms with E-state index in [1.165, 1.54) is 19.3 Å². The van der Waals surface area contributed by atoms with E-state index in [1.807, 2.05) is 0 Å². The first-order valence-electron chi connectivity index (χ1n) is 3.97. The summed E-state index contributed by atoms with van der Waals surface area (Å²) in [7, 11) is 0. The molecule has 0 amide bonds. The summed E-state index contributed by atoms with van der Waals surface area (Å²) in [6, 6.07) is 0. The number of rotatable bonds is 6. The van der Waals surface area contributed by atoms with Gasteiger partial charge in [0.15, 0.2) is 0 Å². The van der Waals surface area contributed by atoms with Gasteiger partial charge in [-0.2, -0.15) is 0 Å². The van der Waals surface area contributed by atoms with Gasteiger partial charge in [-0.1, -0.05) is 32.6 Å². The van der Waals surface area contributed by atoms with Crippen LogP contribution in [0.5, 0.6) is 0 Å². The Bertz CT molecular complexity index is 96.1. The Morgan fingerprint density at radius 3 is 2.18 bits per heavy atom. The number of hydrogen-bond acceptors (Lipinski definition) is 2. The van der Waals surface area contributed by atoms with Crippen molar-refractivity contribution in [2.45, 2.75) is 45.4 Å². The SMILES string of the molecule is CCCCCCCC(=O)[S-].[NH4+]. The van der Waals surface area contributed by atoms with Crippen molar-refractivity contribution in [2.24, 2.45) is 0 Å². The molecule has 0 aromatic carbocycles. The van der Waals surface area contributed by atoms with Gasteiger partial charge in [0, 0.05) is 5.12 Å². The van der Waals surface area contributed by atoms with Crippen LogP contribution < -0.4 is 6.15 Å². The lowest BCUT2D eigenvalue weighted by Crippen LogP contribution is -1.89. The van der Waals surface area contributed by atoms with Crippen LogP contribution >= 0.6 is 0 Å². The normalized spacial score (nSPS) is 8.82. The van der Waals surface area contributed by atoms with Gasteiger partial charge in [-0.05, 0) is 12.8 Å². The molecule has 0 aromatic rings. The van der Waals surface area contributed by atoms with E-state index < -0.39 is 0 Å². The molecule has 0 aliphatic carbocycles. The maximum Gasteiger partial charge on any atom is 0.0119 e. The monoisotopic (exact) mass is 177 g/mol. The minimum absolute atomic E-state index is 0. The number of carbonyl (C=O) groups is 1. The number of quaternary nitrogens is 1. The van der Waals surface area contributed by atoms with E-state index >= 15 is 0 Å². The molecule has 0 rings (SSSR count). The van der Waals surface area contributed by atoms with Gasteiger partial charge in [-0.25, -0.2) is 0 Å². The van der Waals surface area contributed by atoms with Crippen molar-refractivity contribution in [3.8, 4) is 0 Å². The molecule has 0 aliphatic heterocycles. The summed E-state index contributed by atoms with van der Waals surface area (Å²) in [4.78, 5) is 10.3. The van der Waals surface area contributed by atoms with Crippen molar-refractivity contribution in [1.29, 1.82) is 0 Å². The van der Waals surface area contributed by atoms with Gasteiger partial charge in [-0.3, -0.25) is 0 Å². The second-order valence-corrected chi connectivity index (χ2v) is 2.99. The lowest BCUT2D eigenvalue weighted by molar-refractivity contribution is -0.111. The van der Waals surface area contributed by atoms with Gasteiger partial charge in [0.2, 0.25) is 0 Å². The molecule has 0 saturated carbocycles. The second-order valence-electron chi connectivity index (χ2n) is 2.54. The van der Waals surface area contributed by atoms with Crippen LogP contribution in [0.2, 0.25) is 0 Å². The quantitative estimate of drug-likeness (QED) is 0.501. The van der Waals surface area contributed by atoms with E-state index in [1.54, 1.807) is 0 Å². The molecule has 4 N–H and O–H groups in total. The third kappa shape index (κ3) is 12.9.